The molecule has 8 heteroatoms. The van der Waals surface area contributed by atoms with Gasteiger partial charge < -0.3 is 9.64 Å². The number of ether oxygens (including phenoxy) is 1. The number of carbonyl (C=O) groups excluding carboxylic acids is 3. The zero-order valence-corrected chi connectivity index (χ0v) is 15.0. The van der Waals surface area contributed by atoms with Crippen molar-refractivity contribution in [2.45, 2.75) is 19.4 Å². The van der Waals surface area contributed by atoms with Gasteiger partial charge in [-0.1, -0.05) is 29.8 Å². The number of hydrogen-bond donors (Lipinski definition) is 0. The largest absolute Gasteiger partial charge is 0.461 e. The third-order valence-corrected chi connectivity index (χ3v) is 4.46. The molecule has 3 amide bonds. The maximum atomic E-state index is 11.9. The predicted octanol–water partition coefficient (Wildman–Crippen LogP) is 2.61. The van der Waals surface area contributed by atoms with E-state index in [0.717, 1.165) is 15.8 Å². The minimum absolute atomic E-state index is 0.0276. The highest BCUT2D eigenvalue weighted by Gasteiger charge is 2.32. The summed E-state index contributed by atoms with van der Waals surface area (Å²) in [7, 11) is 1.57. The van der Waals surface area contributed by atoms with Crippen LogP contribution in [0.2, 0.25) is 5.15 Å². The lowest BCUT2D eigenvalue weighted by Gasteiger charge is -2.13. The van der Waals surface area contributed by atoms with Crippen molar-refractivity contribution < 1.29 is 19.1 Å². The molecule has 0 radical (unpaired) electrons. The molecule has 136 valence electrons. The van der Waals surface area contributed by atoms with Gasteiger partial charge in [-0.3, -0.25) is 14.5 Å². The first-order valence-electron chi connectivity index (χ1n) is 8.21. The first kappa shape index (κ1) is 18.1. The van der Waals surface area contributed by atoms with E-state index in [1.54, 1.807) is 7.05 Å². The van der Waals surface area contributed by atoms with Crippen LogP contribution in [0, 0.1) is 0 Å². The third-order valence-electron chi connectivity index (χ3n) is 4.13. The number of aromatic nitrogens is 1. The molecule has 0 N–H and O–H groups in total. The Balaban J connectivity index is 1.49. The van der Waals surface area contributed by atoms with Crippen molar-refractivity contribution in [3.8, 4) is 0 Å². The van der Waals surface area contributed by atoms with Gasteiger partial charge in [0.2, 0.25) is 5.91 Å². The lowest BCUT2D eigenvalue weighted by molar-refractivity contribution is -0.145. The molecule has 0 bridgehead atoms. The molecule has 1 aromatic heterocycles. The average molecular weight is 376 g/mol. The number of likely N-dealkylation sites (N-methyl/N-ethyl adjacent to an activating group) is 1. The van der Waals surface area contributed by atoms with Crippen LogP contribution in [-0.2, 0) is 20.9 Å². The topological polar surface area (TPSA) is 79.8 Å². The molecule has 26 heavy (non-hydrogen) atoms. The number of amides is 3. The van der Waals surface area contributed by atoms with Gasteiger partial charge in [-0.05, 0) is 18.6 Å². The molecule has 1 fully saturated rings. The minimum atomic E-state index is -0.415. The standard InChI is InChI=1S/C18H18ClN3O4/c1-21-10-15(23)22(18(21)25)8-4-7-16(24)26-11-13-9-12-5-2-3-6-14(12)20-17(13)19/h2-3,5-6,9H,4,7-8,10-11H2,1H3. The predicted molar refractivity (Wildman–Crippen MR) is 95.5 cm³/mol. The molecule has 7 nitrogen and oxygen atoms in total. The van der Waals surface area contributed by atoms with Crippen LogP contribution < -0.4 is 0 Å². The molecule has 0 aliphatic carbocycles. The summed E-state index contributed by atoms with van der Waals surface area (Å²) in [5.74, 6) is -0.665. The molecular formula is C18H18ClN3O4. The van der Waals surface area contributed by atoms with Gasteiger partial charge in [0.1, 0.15) is 18.3 Å². The number of pyridine rings is 1. The van der Waals surface area contributed by atoms with E-state index in [1.807, 2.05) is 30.3 Å². The van der Waals surface area contributed by atoms with Crippen molar-refractivity contribution in [3.63, 3.8) is 0 Å². The van der Waals surface area contributed by atoms with Crippen molar-refractivity contribution >= 4 is 40.4 Å². The zero-order chi connectivity index (χ0) is 18.7. The molecule has 1 saturated heterocycles. The van der Waals surface area contributed by atoms with Crippen LogP contribution in [0.1, 0.15) is 18.4 Å². The number of urea groups is 1. The van der Waals surface area contributed by atoms with Crippen molar-refractivity contribution in [1.29, 1.82) is 0 Å². The van der Waals surface area contributed by atoms with Gasteiger partial charge in [0.15, 0.2) is 0 Å². The van der Waals surface area contributed by atoms with E-state index >= 15 is 0 Å². The van der Waals surface area contributed by atoms with Crippen LogP contribution in [0.3, 0.4) is 0 Å². The molecule has 1 aromatic carbocycles. The van der Waals surface area contributed by atoms with E-state index in [0.29, 0.717) is 17.1 Å². The Hall–Kier alpha value is -2.67. The molecular weight excluding hydrogens is 358 g/mol. The monoisotopic (exact) mass is 375 g/mol. The average Bonchev–Trinajstić information content (AvgIpc) is 2.86. The van der Waals surface area contributed by atoms with Gasteiger partial charge in [0.25, 0.3) is 0 Å². The lowest BCUT2D eigenvalue weighted by atomic mass is 10.2. The fraction of sp³-hybridized carbons (Fsp3) is 0.333. The Morgan fingerprint density at radius 1 is 1.31 bits per heavy atom. The maximum absolute atomic E-state index is 11.9. The Labute approximate surface area is 155 Å². The molecule has 0 atom stereocenters. The number of benzene rings is 1. The summed E-state index contributed by atoms with van der Waals surface area (Å²) in [6.45, 7) is 0.311. The minimum Gasteiger partial charge on any atom is -0.461 e. The third kappa shape index (κ3) is 3.94. The Kier molecular flexibility index (Phi) is 5.37. The Morgan fingerprint density at radius 2 is 2.08 bits per heavy atom. The van der Waals surface area contributed by atoms with Gasteiger partial charge in [0, 0.05) is 31.0 Å². The van der Waals surface area contributed by atoms with Crippen LogP contribution in [0.15, 0.2) is 30.3 Å². The highest BCUT2D eigenvalue weighted by atomic mass is 35.5. The molecule has 0 spiro atoms. The molecule has 3 rings (SSSR count). The van der Waals surface area contributed by atoms with Crippen molar-refractivity contribution in [1.82, 2.24) is 14.8 Å². The van der Waals surface area contributed by atoms with Crippen molar-refractivity contribution in [3.05, 3.63) is 41.0 Å². The van der Waals surface area contributed by atoms with Crippen LogP contribution in [0.5, 0.6) is 0 Å². The van der Waals surface area contributed by atoms with Crippen LogP contribution >= 0.6 is 11.6 Å². The van der Waals surface area contributed by atoms with Crippen molar-refractivity contribution in [2.24, 2.45) is 0 Å². The second-order valence-corrected chi connectivity index (χ2v) is 6.44. The number of halogens is 1. The number of rotatable bonds is 6. The van der Waals surface area contributed by atoms with E-state index in [4.69, 9.17) is 16.3 Å². The zero-order valence-electron chi connectivity index (χ0n) is 14.3. The number of carbonyl (C=O) groups is 3. The summed E-state index contributed by atoms with van der Waals surface area (Å²) in [5, 5.41) is 1.21. The van der Waals surface area contributed by atoms with Gasteiger partial charge in [0.05, 0.1) is 5.52 Å². The Morgan fingerprint density at radius 3 is 2.81 bits per heavy atom. The number of fused-ring (bicyclic) bond motifs is 1. The van der Waals surface area contributed by atoms with Gasteiger partial charge in [-0.25, -0.2) is 9.78 Å². The molecule has 0 saturated carbocycles. The summed E-state index contributed by atoms with van der Waals surface area (Å²) in [4.78, 5) is 42.1. The quantitative estimate of drug-likeness (QED) is 0.440. The normalized spacial score (nSPS) is 14.4. The molecule has 2 aromatic rings. The molecule has 1 aliphatic heterocycles. The number of nitrogens with zero attached hydrogens (tertiary/aromatic N) is 3. The Bertz CT molecular complexity index is 871. The summed E-state index contributed by atoms with van der Waals surface area (Å²) in [5.41, 5.74) is 1.41. The van der Waals surface area contributed by atoms with E-state index < -0.39 is 5.97 Å². The van der Waals surface area contributed by atoms with Crippen LogP contribution in [0.25, 0.3) is 10.9 Å². The van der Waals surface area contributed by atoms with E-state index in [-0.39, 0.29) is 38.1 Å². The van der Waals surface area contributed by atoms with E-state index in [1.165, 1.54) is 4.90 Å². The van der Waals surface area contributed by atoms with E-state index in [9.17, 15) is 14.4 Å². The van der Waals surface area contributed by atoms with Crippen LogP contribution in [-0.4, -0.2) is 52.8 Å². The second kappa shape index (κ2) is 7.70. The van der Waals surface area contributed by atoms with Gasteiger partial charge in [-0.15, -0.1) is 0 Å². The smallest absolute Gasteiger partial charge is 0.326 e. The summed E-state index contributed by atoms with van der Waals surface area (Å²) >= 11 is 6.13. The van der Waals surface area contributed by atoms with Crippen molar-refractivity contribution in [2.75, 3.05) is 20.1 Å². The summed E-state index contributed by atoms with van der Waals surface area (Å²) in [6, 6.07) is 9.04. The molecule has 1 aliphatic rings. The summed E-state index contributed by atoms with van der Waals surface area (Å²) < 4.78 is 5.24. The first-order chi connectivity index (χ1) is 12.5. The SMILES string of the molecule is CN1CC(=O)N(CCCC(=O)OCc2cc3ccccc3nc2Cl)C1=O. The lowest BCUT2D eigenvalue weighted by Crippen LogP contribution is -2.32. The fourth-order valence-electron chi connectivity index (χ4n) is 2.74. The summed E-state index contributed by atoms with van der Waals surface area (Å²) in [6.07, 6.45) is 0.466. The highest BCUT2D eigenvalue weighted by Crippen LogP contribution is 2.21. The van der Waals surface area contributed by atoms with E-state index in [2.05, 4.69) is 4.98 Å². The number of esters is 1. The molecule has 0 unspecified atom stereocenters. The number of imide groups is 1. The fourth-order valence-corrected chi connectivity index (χ4v) is 2.94. The van der Waals surface area contributed by atoms with Gasteiger partial charge >= 0.3 is 12.0 Å². The maximum Gasteiger partial charge on any atom is 0.326 e. The highest BCUT2D eigenvalue weighted by molar-refractivity contribution is 6.30. The molecule has 2 heterocycles. The first-order valence-corrected chi connectivity index (χ1v) is 8.59. The number of hydrogen-bond acceptors (Lipinski definition) is 5. The van der Waals surface area contributed by atoms with Crippen LogP contribution in [0.4, 0.5) is 4.79 Å². The second-order valence-electron chi connectivity index (χ2n) is 6.08. The van der Waals surface area contributed by atoms with Gasteiger partial charge in [-0.2, -0.15) is 0 Å². The number of para-hydroxylation sites is 1.